The average Bonchev–Trinajstić information content (AvgIpc) is 2.72. The topological polar surface area (TPSA) is 51.6 Å². The second-order valence-electron chi connectivity index (χ2n) is 5.63. The van der Waals surface area contributed by atoms with E-state index in [1.807, 2.05) is 60.7 Å². The lowest BCUT2D eigenvalue weighted by Gasteiger charge is -2.13. The molecule has 0 atom stereocenters. The molecule has 0 aliphatic heterocycles. The lowest BCUT2D eigenvalue weighted by atomic mass is 10.2. The van der Waals surface area contributed by atoms with Crippen LogP contribution in [0.2, 0.25) is 0 Å². The molecule has 3 aromatic rings. The highest BCUT2D eigenvalue weighted by Crippen LogP contribution is 2.31. The molecule has 1 heterocycles. The number of nitrogens with zero attached hydrogens (tertiary/aromatic N) is 1. The molecule has 0 aliphatic rings. The van der Waals surface area contributed by atoms with Gasteiger partial charge in [0, 0.05) is 6.07 Å². The van der Waals surface area contributed by atoms with Crippen LogP contribution in [0.25, 0.3) is 0 Å². The minimum absolute atomic E-state index is 0.246. The van der Waals surface area contributed by atoms with Gasteiger partial charge in [0.25, 0.3) is 0 Å². The number of halogens is 1. The first-order valence-electron chi connectivity index (χ1n) is 8.40. The van der Waals surface area contributed by atoms with Gasteiger partial charge in [-0.3, -0.25) is 0 Å². The molecule has 0 fully saturated rings. The Kier molecular flexibility index (Phi) is 6.86. The highest BCUT2D eigenvalue weighted by Gasteiger charge is 2.12. The fourth-order valence-corrected chi connectivity index (χ4v) is 2.76. The third-order valence-corrected chi connectivity index (χ3v) is 4.24. The third-order valence-electron chi connectivity index (χ3n) is 3.67. The molecule has 27 heavy (non-hydrogen) atoms. The van der Waals surface area contributed by atoms with Crippen LogP contribution in [0.15, 0.2) is 71.3 Å². The van der Waals surface area contributed by atoms with Gasteiger partial charge < -0.3 is 14.6 Å². The van der Waals surface area contributed by atoms with Crippen LogP contribution in [0.5, 0.6) is 11.5 Å². The number of hydrogen-bond acceptors (Lipinski definition) is 4. The number of aliphatic hydroxyl groups is 1. The number of aliphatic hydroxyl groups excluding tert-OH is 1. The maximum absolute atomic E-state index is 8.98. The summed E-state index contributed by atoms with van der Waals surface area (Å²) in [6.45, 7) is 0.556. The molecule has 4 nitrogen and oxygen atoms in total. The fourth-order valence-electron chi connectivity index (χ4n) is 2.35. The van der Waals surface area contributed by atoms with Crippen molar-refractivity contribution in [2.24, 2.45) is 0 Å². The quantitative estimate of drug-likeness (QED) is 0.473. The Balaban J connectivity index is 1.81. The number of rotatable bonds is 6. The van der Waals surface area contributed by atoms with Crippen LogP contribution in [0.1, 0.15) is 16.8 Å². The molecule has 0 bridgehead atoms. The van der Waals surface area contributed by atoms with Gasteiger partial charge in [0.1, 0.15) is 24.4 Å². The summed E-state index contributed by atoms with van der Waals surface area (Å²) < 4.78 is 12.3. The van der Waals surface area contributed by atoms with Crippen LogP contribution in [0.3, 0.4) is 0 Å². The Hall–Kier alpha value is -2.81. The largest absolute Gasteiger partial charge is 0.486 e. The van der Waals surface area contributed by atoms with E-state index in [0.29, 0.717) is 35.0 Å². The van der Waals surface area contributed by atoms with Crippen LogP contribution in [0.4, 0.5) is 0 Å². The van der Waals surface area contributed by atoms with Crippen molar-refractivity contribution in [1.82, 2.24) is 4.98 Å². The average molecular weight is 424 g/mol. The van der Waals surface area contributed by atoms with Crippen LogP contribution in [0, 0.1) is 11.8 Å². The zero-order valence-corrected chi connectivity index (χ0v) is 16.1. The van der Waals surface area contributed by atoms with E-state index in [9.17, 15) is 0 Å². The highest BCUT2D eigenvalue weighted by atomic mass is 79.9. The smallest absolute Gasteiger partial charge is 0.157 e. The van der Waals surface area contributed by atoms with E-state index in [4.69, 9.17) is 14.6 Å². The number of aromatic nitrogens is 1. The van der Waals surface area contributed by atoms with E-state index >= 15 is 0 Å². The maximum Gasteiger partial charge on any atom is 0.157 e. The zero-order chi connectivity index (χ0) is 18.9. The molecule has 0 unspecified atom stereocenters. The van der Waals surface area contributed by atoms with Gasteiger partial charge in [-0.25, -0.2) is 4.98 Å². The zero-order valence-electron chi connectivity index (χ0n) is 14.6. The first kappa shape index (κ1) is 19.0. The van der Waals surface area contributed by atoms with Gasteiger partial charge in [-0.05, 0) is 33.0 Å². The first-order chi connectivity index (χ1) is 13.3. The Morgan fingerprint density at radius 2 is 1.41 bits per heavy atom. The summed E-state index contributed by atoms with van der Waals surface area (Å²) in [6.07, 6.45) is 0. The SMILES string of the molecule is OCC#Cc1nc(Br)c(OCc2ccccc2)cc1OCc1ccccc1. The second kappa shape index (κ2) is 9.77. The highest BCUT2D eigenvalue weighted by molar-refractivity contribution is 9.10. The number of benzene rings is 2. The Labute approximate surface area is 166 Å². The van der Waals surface area contributed by atoms with Gasteiger partial charge in [-0.15, -0.1) is 0 Å². The van der Waals surface area contributed by atoms with E-state index in [0.717, 1.165) is 11.1 Å². The molecule has 1 N–H and O–H groups in total. The van der Waals surface area contributed by atoms with Crippen molar-refractivity contribution in [2.45, 2.75) is 13.2 Å². The van der Waals surface area contributed by atoms with Crippen LogP contribution < -0.4 is 9.47 Å². The molecule has 0 aliphatic carbocycles. The van der Waals surface area contributed by atoms with Gasteiger partial charge in [-0.2, -0.15) is 0 Å². The van der Waals surface area contributed by atoms with Crippen LogP contribution >= 0.6 is 15.9 Å². The Bertz CT molecular complexity index is 934. The molecule has 0 amide bonds. The predicted octanol–water partition coefficient (Wildman–Crippen LogP) is 4.35. The summed E-state index contributed by atoms with van der Waals surface area (Å²) in [5.74, 6) is 6.50. The lowest BCUT2D eigenvalue weighted by molar-refractivity contribution is 0.285. The monoisotopic (exact) mass is 423 g/mol. The Morgan fingerprint density at radius 1 is 0.852 bits per heavy atom. The summed E-state index contributed by atoms with van der Waals surface area (Å²) >= 11 is 3.42. The van der Waals surface area contributed by atoms with Crippen molar-refractivity contribution in [3.63, 3.8) is 0 Å². The molecule has 2 aromatic carbocycles. The fraction of sp³-hybridized carbons (Fsp3) is 0.136. The number of hydrogen-bond donors (Lipinski definition) is 1. The van der Waals surface area contributed by atoms with Crippen molar-refractivity contribution in [1.29, 1.82) is 0 Å². The third kappa shape index (κ3) is 5.58. The van der Waals surface area contributed by atoms with Crippen molar-refractivity contribution in [3.8, 4) is 23.3 Å². The minimum atomic E-state index is -0.246. The normalized spacial score (nSPS) is 10.0. The lowest BCUT2D eigenvalue weighted by Crippen LogP contribution is -2.02. The molecular formula is C22H18BrNO3. The predicted molar refractivity (Wildman–Crippen MR) is 107 cm³/mol. The molecule has 0 saturated carbocycles. The summed E-state index contributed by atoms with van der Waals surface area (Å²) in [5, 5.41) is 8.98. The van der Waals surface area contributed by atoms with Gasteiger partial charge in [-0.1, -0.05) is 66.6 Å². The first-order valence-corrected chi connectivity index (χ1v) is 9.19. The van der Waals surface area contributed by atoms with Gasteiger partial charge in [0.05, 0.1) is 0 Å². The molecule has 0 saturated heterocycles. The molecule has 5 heteroatoms. The van der Waals surface area contributed by atoms with Gasteiger partial charge in [0.2, 0.25) is 0 Å². The van der Waals surface area contributed by atoms with Crippen molar-refractivity contribution in [2.75, 3.05) is 6.61 Å². The number of ether oxygens (including phenoxy) is 2. The number of pyridine rings is 1. The minimum Gasteiger partial charge on any atom is -0.486 e. The van der Waals surface area contributed by atoms with Crippen molar-refractivity contribution in [3.05, 3.63) is 88.2 Å². The van der Waals surface area contributed by atoms with E-state index < -0.39 is 0 Å². The molecule has 1 aromatic heterocycles. The molecule has 3 rings (SSSR count). The van der Waals surface area contributed by atoms with Crippen LogP contribution in [-0.4, -0.2) is 16.7 Å². The summed E-state index contributed by atoms with van der Waals surface area (Å²) in [6, 6.07) is 21.5. The standard InChI is InChI=1S/C22H18BrNO3/c23-22-21(27-16-18-10-5-2-6-11-18)14-20(19(24-22)12-7-13-25)26-15-17-8-3-1-4-9-17/h1-6,8-11,14,25H,13,15-16H2. The van der Waals surface area contributed by atoms with Crippen LogP contribution in [-0.2, 0) is 13.2 Å². The summed E-state index contributed by atoms with van der Waals surface area (Å²) in [5.41, 5.74) is 2.53. The van der Waals surface area contributed by atoms with Gasteiger partial charge in [0.15, 0.2) is 17.2 Å². The van der Waals surface area contributed by atoms with E-state index in [1.165, 1.54) is 0 Å². The van der Waals surface area contributed by atoms with E-state index in [2.05, 4.69) is 32.8 Å². The van der Waals surface area contributed by atoms with Gasteiger partial charge >= 0.3 is 0 Å². The second-order valence-corrected chi connectivity index (χ2v) is 6.38. The maximum atomic E-state index is 8.98. The molecule has 0 radical (unpaired) electrons. The van der Waals surface area contributed by atoms with Crippen molar-refractivity contribution < 1.29 is 14.6 Å². The van der Waals surface area contributed by atoms with Crippen molar-refractivity contribution >= 4 is 15.9 Å². The molecule has 0 spiro atoms. The Morgan fingerprint density at radius 3 is 1.96 bits per heavy atom. The summed E-state index contributed by atoms with van der Waals surface area (Å²) in [7, 11) is 0. The molecule has 136 valence electrons. The van der Waals surface area contributed by atoms with E-state index in [-0.39, 0.29) is 6.61 Å². The summed E-state index contributed by atoms with van der Waals surface area (Å²) in [4.78, 5) is 4.42. The molecular weight excluding hydrogens is 406 g/mol. The van der Waals surface area contributed by atoms with E-state index in [1.54, 1.807) is 6.07 Å².